The van der Waals surface area contributed by atoms with Gasteiger partial charge in [-0.25, -0.2) is 15.0 Å². The van der Waals surface area contributed by atoms with Gasteiger partial charge in [-0.15, -0.1) is 0 Å². The van der Waals surface area contributed by atoms with Gasteiger partial charge in [0.05, 0.1) is 16.7 Å². The number of fused-ring (bicyclic) bond motifs is 9. The largest absolute Gasteiger partial charge is 0.455 e. The molecule has 0 aliphatic heterocycles. The van der Waals surface area contributed by atoms with Gasteiger partial charge in [0.25, 0.3) is 0 Å². The van der Waals surface area contributed by atoms with Crippen LogP contribution in [0.4, 0.5) is 0 Å². The molecule has 0 bridgehead atoms. The van der Waals surface area contributed by atoms with E-state index in [0.717, 1.165) is 66.1 Å². The Morgan fingerprint density at radius 1 is 0.404 bits per heavy atom. The van der Waals surface area contributed by atoms with E-state index in [0.29, 0.717) is 17.5 Å². The topological polar surface area (TPSA) is 56.7 Å². The quantitative estimate of drug-likeness (QED) is 0.188. The van der Waals surface area contributed by atoms with Gasteiger partial charge in [-0.3, -0.25) is 0 Å². The van der Waals surface area contributed by atoms with Crippen molar-refractivity contribution in [1.82, 2.24) is 19.5 Å². The van der Waals surface area contributed by atoms with Crippen molar-refractivity contribution in [3.8, 4) is 39.9 Å². The summed E-state index contributed by atoms with van der Waals surface area (Å²) < 4.78 is 9.26. The molecule has 0 saturated heterocycles. The first-order valence-electron chi connectivity index (χ1n) is 17.4. The fourth-order valence-electron chi connectivity index (χ4n) is 7.79. The van der Waals surface area contributed by atoms with Gasteiger partial charge >= 0.3 is 0 Å². The van der Waals surface area contributed by atoms with Crippen molar-refractivity contribution in [2.75, 3.05) is 0 Å². The smallest absolute Gasteiger partial charge is 0.164 e. The number of hydrogen-bond acceptors (Lipinski definition) is 4. The van der Waals surface area contributed by atoms with Crippen LogP contribution < -0.4 is 0 Å². The zero-order valence-corrected chi connectivity index (χ0v) is 27.9. The number of rotatable bonds is 4. The molecule has 3 aromatic heterocycles. The molecular formula is C47H28N4O. The van der Waals surface area contributed by atoms with E-state index < -0.39 is 0 Å². The second-order valence-electron chi connectivity index (χ2n) is 13.2. The molecule has 0 amide bonds. The summed E-state index contributed by atoms with van der Waals surface area (Å²) in [6.45, 7) is 0. The predicted octanol–water partition coefficient (Wildman–Crippen LogP) is 12.2. The van der Waals surface area contributed by atoms with E-state index in [1.807, 2.05) is 60.7 Å². The summed E-state index contributed by atoms with van der Waals surface area (Å²) in [6, 6.07) is 59.1. The molecule has 0 N–H and O–H groups in total. The standard InChI is InChI=1S/C47H28N4O/c1-3-14-30(15-4-1)45-48-46(31-16-5-2-6-17-31)50-47(49-45)39-27-34(28-42-43(39)37-24-23-29-13-9-10-20-35(29)44(37)52-42)51-40-22-12-11-21-36(40)38-25-32-18-7-8-19-33(32)26-41(38)51/h1-28H. The molecule has 0 unspecified atom stereocenters. The predicted molar refractivity (Wildman–Crippen MR) is 213 cm³/mol. The van der Waals surface area contributed by atoms with Crippen LogP contribution in [-0.4, -0.2) is 19.5 Å². The van der Waals surface area contributed by atoms with Crippen LogP contribution in [0.5, 0.6) is 0 Å². The third-order valence-electron chi connectivity index (χ3n) is 10.2. The maximum atomic E-state index is 6.91. The van der Waals surface area contributed by atoms with Crippen molar-refractivity contribution in [2.45, 2.75) is 0 Å². The lowest BCUT2D eigenvalue weighted by atomic mass is 10.0. The number of aromatic nitrogens is 4. The number of para-hydroxylation sites is 1. The van der Waals surface area contributed by atoms with E-state index in [1.165, 1.54) is 21.5 Å². The second kappa shape index (κ2) is 11.2. The Bertz CT molecular complexity index is 3120. The highest BCUT2D eigenvalue weighted by molar-refractivity contribution is 6.20. The van der Waals surface area contributed by atoms with E-state index in [4.69, 9.17) is 19.4 Å². The van der Waals surface area contributed by atoms with Crippen molar-refractivity contribution < 1.29 is 4.42 Å². The SMILES string of the molecule is c1ccc(-c2nc(-c3ccccc3)nc(-c3cc(-n4c5ccccc5c5cc6ccccc6cc54)cc4oc5c6ccccc6ccc5c34)n2)cc1. The van der Waals surface area contributed by atoms with E-state index in [-0.39, 0.29) is 0 Å². The van der Waals surface area contributed by atoms with Gasteiger partial charge in [0.15, 0.2) is 17.5 Å². The van der Waals surface area contributed by atoms with Crippen LogP contribution in [-0.2, 0) is 0 Å². The first kappa shape index (κ1) is 28.7. The molecule has 3 heterocycles. The lowest BCUT2D eigenvalue weighted by Gasteiger charge is -2.13. The Balaban J connectivity index is 1.28. The van der Waals surface area contributed by atoms with Crippen molar-refractivity contribution in [3.63, 3.8) is 0 Å². The molecule has 0 aliphatic carbocycles. The van der Waals surface area contributed by atoms with E-state index in [2.05, 4.69) is 114 Å². The van der Waals surface area contributed by atoms with Crippen LogP contribution in [0.3, 0.4) is 0 Å². The summed E-state index contributed by atoms with van der Waals surface area (Å²) in [4.78, 5) is 15.4. The summed E-state index contributed by atoms with van der Waals surface area (Å²) >= 11 is 0. The van der Waals surface area contributed by atoms with Gasteiger partial charge < -0.3 is 8.98 Å². The lowest BCUT2D eigenvalue weighted by Crippen LogP contribution is -2.01. The minimum absolute atomic E-state index is 0.585. The van der Waals surface area contributed by atoms with Crippen LogP contribution in [0.15, 0.2) is 174 Å². The van der Waals surface area contributed by atoms with Gasteiger partial charge in [0.1, 0.15) is 11.2 Å². The van der Waals surface area contributed by atoms with Crippen LogP contribution >= 0.6 is 0 Å². The molecule has 242 valence electrons. The third-order valence-corrected chi connectivity index (χ3v) is 10.2. The third kappa shape index (κ3) is 4.39. The minimum atomic E-state index is 0.585. The second-order valence-corrected chi connectivity index (χ2v) is 13.2. The monoisotopic (exact) mass is 664 g/mol. The van der Waals surface area contributed by atoms with Gasteiger partial charge in [-0.2, -0.15) is 0 Å². The molecule has 8 aromatic carbocycles. The van der Waals surface area contributed by atoms with Crippen LogP contribution in [0.2, 0.25) is 0 Å². The van der Waals surface area contributed by atoms with Crippen molar-refractivity contribution in [1.29, 1.82) is 0 Å². The Morgan fingerprint density at radius 3 is 1.73 bits per heavy atom. The fraction of sp³-hybridized carbons (Fsp3) is 0. The molecule has 0 fully saturated rings. The van der Waals surface area contributed by atoms with E-state index >= 15 is 0 Å². The number of hydrogen-bond donors (Lipinski definition) is 0. The molecule has 11 rings (SSSR count). The van der Waals surface area contributed by atoms with Crippen molar-refractivity contribution >= 4 is 65.3 Å². The van der Waals surface area contributed by atoms with E-state index in [9.17, 15) is 0 Å². The maximum Gasteiger partial charge on any atom is 0.164 e. The Morgan fingerprint density at radius 2 is 1.00 bits per heavy atom. The maximum absolute atomic E-state index is 6.91. The van der Waals surface area contributed by atoms with Gasteiger partial charge in [0, 0.05) is 49.7 Å². The molecule has 11 aromatic rings. The molecular weight excluding hydrogens is 637 g/mol. The average Bonchev–Trinajstić information content (AvgIpc) is 3.75. The van der Waals surface area contributed by atoms with E-state index in [1.54, 1.807) is 0 Å². The summed E-state index contributed by atoms with van der Waals surface area (Å²) in [5.74, 6) is 1.82. The van der Waals surface area contributed by atoms with Crippen molar-refractivity contribution in [2.24, 2.45) is 0 Å². The highest BCUT2D eigenvalue weighted by Crippen LogP contribution is 2.43. The summed E-state index contributed by atoms with van der Waals surface area (Å²) in [5.41, 5.74) is 7.55. The number of benzene rings is 8. The first-order chi connectivity index (χ1) is 25.8. The molecule has 52 heavy (non-hydrogen) atoms. The average molecular weight is 665 g/mol. The Hall–Kier alpha value is -7.11. The summed E-state index contributed by atoms with van der Waals surface area (Å²) in [7, 11) is 0. The normalized spacial score (nSPS) is 11.8. The molecule has 5 nitrogen and oxygen atoms in total. The molecule has 0 saturated carbocycles. The molecule has 0 radical (unpaired) electrons. The first-order valence-corrected chi connectivity index (χ1v) is 17.4. The van der Waals surface area contributed by atoms with Crippen LogP contribution in [0.25, 0.3) is 105 Å². The molecule has 0 atom stereocenters. The highest BCUT2D eigenvalue weighted by Gasteiger charge is 2.22. The van der Waals surface area contributed by atoms with Gasteiger partial charge in [-0.1, -0.05) is 133 Å². The Labute approximate surface area is 298 Å². The molecule has 0 aliphatic rings. The fourth-order valence-corrected chi connectivity index (χ4v) is 7.79. The minimum Gasteiger partial charge on any atom is -0.455 e. The Kier molecular flexibility index (Phi) is 6.18. The summed E-state index contributed by atoms with van der Waals surface area (Å²) in [6.07, 6.45) is 0. The van der Waals surface area contributed by atoms with Gasteiger partial charge in [-0.05, 0) is 46.5 Å². The number of furan rings is 1. The highest BCUT2D eigenvalue weighted by atomic mass is 16.3. The lowest BCUT2D eigenvalue weighted by molar-refractivity contribution is 0.672. The summed E-state index contributed by atoms with van der Waals surface area (Å²) in [5, 5.41) is 8.98. The van der Waals surface area contributed by atoms with Crippen LogP contribution in [0, 0.1) is 0 Å². The van der Waals surface area contributed by atoms with Crippen LogP contribution in [0.1, 0.15) is 0 Å². The number of nitrogens with zero attached hydrogens (tertiary/aromatic N) is 4. The zero-order chi connectivity index (χ0) is 34.2. The molecule has 0 spiro atoms. The zero-order valence-electron chi connectivity index (χ0n) is 27.9. The van der Waals surface area contributed by atoms with Crippen molar-refractivity contribution in [3.05, 3.63) is 170 Å². The molecule has 5 heteroatoms. The van der Waals surface area contributed by atoms with Gasteiger partial charge in [0.2, 0.25) is 0 Å².